The number of furan rings is 1. The molecule has 0 aliphatic heterocycles. The van der Waals surface area contributed by atoms with Crippen molar-refractivity contribution in [2.24, 2.45) is 0 Å². The summed E-state index contributed by atoms with van der Waals surface area (Å²) in [7, 11) is 0. The number of carbonyl (C=O) groups is 3. The zero-order valence-corrected chi connectivity index (χ0v) is 16.3. The summed E-state index contributed by atoms with van der Waals surface area (Å²) in [6, 6.07) is 10.0. The van der Waals surface area contributed by atoms with Gasteiger partial charge in [0.2, 0.25) is 0 Å². The van der Waals surface area contributed by atoms with Crippen LogP contribution in [0, 0.1) is 6.92 Å². The highest BCUT2D eigenvalue weighted by Gasteiger charge is 2.24. The Balaban J connectivity index is 1.66. The minimum Gasteiger partial charge on any atom is -0.462 e. The summed E-state index contributed by atoms with van der Waals surface area (Å²) >= 11 is 1.30. The number of carbonyl (C=O) groups excluding carboxylic acids is 3. The van der Waals surface area contributed by atoms with Crippen LogP contribution >= 0.6 is 11.3 Å². The number of nitrogens with one attached hydrogen (secondary N) is 1. The third-order valence-corrected chi connectivity index (χ3v) is 4.90. The molecule has 1 aromatic carbocycles. The first-order valence-corrected chi connectivity index (χ1v) is 9.31. The topological polar surface area (TPSA) is 98.5 Å². The van der Waals surface area contributed by atoms with Gasteiger partial charge in [-0.15, -0.1) is 11.3 Å². The molecule has 1 amide bonds. The largest absolute Gasteiger partial charge is 0.462 e. The molecule has 2 aromatic heterocycles. The first-order chi connectivity index (χ1) is 13.3. The van der Waals surface area contributed by atoms with Crippen LogP contribution in [0.5, 0.6) is 0 Å². The Hall–Kier alpha value is -3.26. The fourth-order valence-electron chi connectivity index (χ4n) is 2.42. The van der Waals surface area contributed by atoms with Crippen LogP contribution in [-0.2, 0) is 9.53 Å². The Morgan fingerprint density at radius 2 is 2.00 bits per heavy atom. The first-order valence-electron chi connectivity index (χ1n) is 8.49. The molecule has 0 spiro atoms. The number of thiazole rings is 1. The quantitative estimate of drug-likeness (QED) is 0.496. The molecule has 144 valence electrons. The first kappa shape index (κ1) is 19.5. The third kappa shape index (κ3) is 4.34. The molecule has 1 atom stereocenters. The van der Waals surface area contributed by atoms with Crippen LogP contribution in [0.3, 0.4) is 0 Å². The summed E-state index contributed by atoms with van der Waals surface area (Å²) in [6.07, 6.45) is 0.485. The monoisotopic (exact) mass is 398 g/mol. The van der Waals surface area contributed by atoms with Crippen LogP contribution in [0.4, 0.5) is 5.69 Å². The number of rotatable bonds is 6. The number of aryl methyl sites for hydroxylation is 1. The average molecular weight is 398 g/mol. The van der Waals surface area contributed by atoms with Gasteiger partial charge in [0.1, 0.15) is 0 Å². The summed E-state index contributed by atoms with van der Waals surface area (Å²) in [5, 5.41) is 3.20. The van der Waals surface area contributed by atoms with Crippen molar-refractivity contribution in [3.63, 3.8) is 0 Å². The van der Waals surface area contributed by atoms with E-state index in [0.717, 1.165) is 0 Å². The van der Waals surface area contributed by atoms with Gasteiger partial charge in [0.25, 0.3) is 5.91 Å². The average Bonchev–Trinajstić information content (AvgIpc) is 3.31. The van der Waals surface area contributed by atoms with Crippen LogP contribution in [0.15, 0.2) is 47.1 Å². The number of aromatic nitrogens is 1. The van der Waals surface area contributed by atoms with E-state index >= 15 is 0 Å². The summed E-state index contributed by atoms with van der Waals surface area (Å²) < 4.78 is 10.5. The highest BCUT2D eigenvalue weighted by atomic mass is 32.1. The molecule has 0 aliphatic carbocycles. The Bertz CT molecular complexity index is 1020. The van der Waals surface area contributed by atoms with Crippen molar-refractivity contribution in [3.8, 4) is 10.8 Å². The fourth-order valence-corrected chi connectivity index (χ4v) is 3.29. The van der Waals surface area contributed by atoms with E-state index in [1.54, 1.807) is 43.3 Å². The minimum atomic E-state index is -1.04. The van der Waals surface area contributed by atoms with Gasteiger partial charge in [0, 0.05) is 16.1 Å². The highest BCUT2D eigenvalue weighted by Crippen LogP contribution is 2.28. The van der Waals surface area contributed by atoms with Crippen LogP contribution in [-0.4, -0.2) is 28.7 Å². The molecule has 28 heavy (non-hydrogen) atoms. The van der Waals surface area contributed by atoms with Crippen LogP contribution in [0.25, 0.3) is 10.8 Å². The maximum atomic E-state index is 12.4. The Labute approximate surface area is 165 Å². The Morgan fingerprint density at radius 3 is 2.68 bits per heavy atom. The maximum Gasteiger partial charge on any atom is 0.358 e. The fraction of sp³-hybridized carbons (Fsp3) is 0.200. The van der Waals surface area contributed by atoms with E-state index in [0.29, 0.717) is 26.9 Å². The number of amides is 1. The zero-order chi connectivity index (χ0) is 20.3. The van der Waals surface area contributed by atoms with Gasteiger partial charge in [-0.3, -0.25) is 9.59 Å². The van der Waals surface area contributed by atoms with Gasteiger partial charge in [-0.2, -0.15) is 0 Å². The number of esters is 1. The lowest BCUT2D eigenvalue weighted by Gasteiger charge is -2.13. The van der Waals surface area contributed by atoms with Gasteiger partial charge >= 0.3 is 5.97 Å². The summed E-state index contributed by atoms with van der Waals surface area (Å²) in [4.78, 5) is 41.1. The predicted molar refractivity (Wildman–Crippen MR) is 105 cm³/mol. The molecule has 0 fully saturated rings. The van der Waals surface area contributed by atoms with Crippen molar-refractivity contribution in [1.29, 1.82) is 0 Å². The lowest BCUT2D eigenvalue weighted by atomic mass is 10.1. The SMILES string of the molecule is CC(=O)c1cccc(NC(=O)C(C)OC(=O)c2nc(-c3ccco3)sc2C)c1. The number of benzene rings is 1. The van der Waals surface area contributed by atoms with Gasteiger partial charge in [-0.05, 0) is 45.0 Å². The lowest BCUT2D eigenvalue weighted by molar-refractivity contribution is -0.123. The lowest BCUT2D eigenvalue weighted by Crippen LogP contribution is -2.30. The summed E-state index contributed by atoms with van der Waals surface area (Å²) in [5.74, 6) is -0.745. The minimum absolute atomic E-state index is 0.109. The van der Waals surface area contributed by atoms with Crippen molar-refractivity contribution < 1.29 is 23.5 Å². The van der Waals surface area contributed by atoms with Crippen LogP contribution in [0.2, 0.25) is 0 Å². The molecule has 1 N–H and O–H groups in total. The molecular weight excluding hydrogens is 380 g/mol. The van der Waals surface area contributed by atoms with Crippen molar-refractivity contribution >= 4 is 34.7 Å². The molecule has 1 unspecified atom stereocenters. The number of Topliss-reactive ketones (excluding diaryl/α,β-unsaturated/α-hetero) is 1. The van der Waals surface area contributed by atoms with E-state index in [1.807, 2.05) is 0 Å². The molecule has 3 aromatic rings. The zero-order valence-electron chi connectivity index (χ0n) is 15.5. The normalized spacial score (nSPS) is 11.7. The smallest absolute Gasteiger partial charge is 0.358 e. The molecule has 0 saturated heterocycles. The molecule has 7 nitrogen and oxygen atoms in total. The van der Waals surface area contributed by atoms with Gasteiger partial charge in [-0.1, -0.05) is 12.1 Å². The molecule has 0 aliphatic rings. The number of hydrogen-bond donors (Lipinski definition) is 1. The third-order valence-electron chi connectivity index (χ3n) is 3.91. The molecular formula is C20H18N2O5S. The van der Waals surface area contributed by atoms with E-state index < -0.39 is 18.0 Å². The van der Waals surface area contributed by atoms with Crippen LogP contribution in [0.1, 0.15) is 39.6 Å². The van der Waals surface area contributed by atoms with Crippen molar-refractivity contribution in [2.75, 3.05) is 5.32 Å². The molecule has 0 saturated carbocycles. The Kier molecular flexibility index (Phi) is 5.70. The van der Waals surface area contributed by atoms with Crippen molar-refractivity contribution in [1.82, 2.24) is 4.98 Å². The molecule has 8 heteroatoms. The van der Waals surface area contributed by atoms with E-state index in [2.05, 4.69) is 10.3 Å². The van der Waals surface area contributed by atoms with Gasteiger partial charge in [-0.25, -0.2) is 9.78 Å². The summed E-state index contributed by atoms with van der Waals surface area (Å²) in [5.41, 5.74) is 1.08. The highest BCUT2D eigenvalue weighted by molar-refractivity contribution is 7.15. The second-order valence-corrected chi connectivity index (χ2v) is 7.28. The second kappa shape index (κ2) is 8.18. The number of ketones is 1. The van der Waals surface area contributed by atoms with E-state index in [9.17, 15) is 14.4 Å². The standard InChI is InChI=1S/C20H18N2O5S/c1-11(23)14-6-4-7-15(10-14)21-18(24)12(2)27-20(25)17-13(3)28-19(22-17)16-8-5-9-26-16/h4-10,12H,1-3H3,(H,21,24). The number of anilines is 1. The van der Waals surface area contributed by atoms with Crippen molar-refractivity contribution in [3.05, 3.63) is 58.8 Å². The van der Waals surface area contributed by atoms with Crippen LogP contribution < -0.4 is 5.32 Å². The maximum absolute atomic E-state index is 12.4. The van der Waals surface area contributed by atoms with E-state index in [4.69, 9.17) is 9.15 Å². The molecule has 3 rings (SSSR count). The molecule has 0 radical (unpaired) electrons. The van der Waals surface area contributed by atoms with Gasteiger partial charge in [0.15, 0.2) is 28.3 Å². The van der Waals surface area contributed by atoms with Gasteiger partial charge < -0.3 is 14.5 Å². The van der Waals surface area contributed by atoms with Gasteiger partial charge in [0.05, 0.1) is 6.26 Å². The Morgan fingerprint density at radius 1 is 1.21 bits per heavy atom. The van der Waals surface area contributed by atoms with E-state index in [-0.39, 0.29) is 11.5 Å². The molecule has 2 heterocycles. The number of ether oxygens (including phenoxy) is 1. The number of nitrogens with zero attached hydrogens (tertiary/aromatic N) is 1. The van der Waals surface area contributed by atoms with Crippen molar-refractivity contribution in [2.45, 2.75) is 26.9 Å². The van der Waals surface area contributed by atoms with E-state index in [1.165, 1.54) is 31.4 Å². The number of hydrogen-bond acceptors (Lipinski definition) is 7. The predicted octanol–water partition coefficient (Wildman–Crippen LogP) is 4.10. The molecule has 0 bridgehead atoms. The second-order valence-electron chi connectivity index (χ2n) is 6.07. The summed E-state index contributed by atoms with van der Waals surface area (Å²) in [6.45, 7) is 4.66.